The third kappa shape index (κ3) is 53.8. The first-order valence-electron chi connectivity index (χ1n) is 29.1. The van der Waals surface area contributed by atoms with Gasteiger partial charge in [-0.3, -0.25) is 18.6 Å². The molecule has 2 atom stereocenters. The van der Waals surface area contributed by atoms with Gasteiger partial charge in [0.25, 0.3) is 0 Å². The average molecular weight is 984 g/mol. The molecule has 0 saturated carbocycles. The fraction of sp³-hybridized carbons (Fsp3) is 0.897. The van der Waals surface area contributed by atoms with Crippen LogP contribution in [0.5, 0.6) is 0 Å². The Bertz CT molecular complexity index is 1200. The Morgan fingerprint density at radius 2 is 0.750 bits per heavy atom. The maximum Gasteiger partial charge on any atom is 0.472 e. The summed E-state index contributed by atoms with van der Waals surface area (Å²) < 4.78 is 34.6. The smallest absolute Gasteiger partial charge is 0.462 e. The first-order chi connectivity index (χ1) is 33.0. The van der Waals surface area contributed by atoms with Gasteiger partial charge in [-0.2, -0.15) is 0 Å². The largest absolute Gasteiger partial charge is 0.472 e. The number of carbonyl (C=O) groups excluding carboxylic acids is 2. The number of ether oxygens (including phenoxy) is 2. The summed E-state index contributed by atoms with van der Waals surface area (Å²) in [7, 11) is 1.49. The lowest BCUT2D eigenvalue weighted by molar-refractivity contribution is -0.870. The molecule has 0 radical (unpaired) electrons. The number of phosphoric acid groups is 1. The van der Waals surface area contributed by atoms with E-state index in [-0.39, 0.29) is 32.0 Å². The normalized spacial score (nSPS) is 13.4. The predicted molar refractivity (Wildman–Crippen MR) is 289 cm³/mol. The molecule has 402 valence electrons. The van der Waals surface area contributed by atoms with E-state index in [1.165, 1.54) is 218 Å². The van der Waals surface area contributed by atoms with Crippen LogP contribution in [0, 0.1) is 0 Å². The van der Waals surface area contributed by atoms with Crippen molar-refractivity contribution in [3.63, 3.8) is 0 Å². The van der Waals surface area contributed by atoms with E-state index in [9.17, 15) is 19.0 Å². The van der Waals surface area contributed by atoms with Crippen molar-refractivity contribution >= 4 is 19.8 Å². The van der Waals surface area contributed by atoms with Crippen molar-refractivity contribution < 1.29 is 42.1 Å². The minimum Gasteiger partial charge on any atom is -0.462 e. The van der Waals surface area contributed by atoms with E-state index in [1.54, 1.807) is 0 Å². The van der Waals surface area contributed by atoms with Crippen molar-refractivity contribution in [1.29, 1.82) is 0 Å². The van der Waals surface area contributed by atoms with Crippen LogP contribution in [-0.2, 0) is 32.7 Å². The monoisotopic (exact) mass is 983 g/mol. The third-order valence-corrected chi connectivity index (χ3v) is 13.9. The van der Waals surface area contributed by atoms with Crippen LogP contribution in [0.25, 0.3) is 0 Å². The number of unbranched alkanes of at least 4 members (excludes halogenated alkanes) is 36. The van der Waals surface area contributed by atoms with Gasteiger partial charge in [0.1, 0.15) is 19.8 Å². The number of nitrogens with zero attached hydrogens (tertiary/aromatic N) is 1. The molecule has 0 rings (SSSR count). The second-order valence-corrected chi connectivity index (χ2v) is 22.5. The van der Waals surface area contributed by atoms with Crippen LogP contribution < -0.4 is 0 Å². The summed E-state index contributed by atoms with van der Waals surface area (Å²) in [4.78, 5) is 35.6. The standard InChI is InChI=1S/C58H112NO8P/c1-6-8-10-12-14-16-18-20-22-24-25-26-27-28-29-30-31-32-33-35-37-39-41-43-45-47-49-51-58(61)67-56(55-66-68(62,63)65-53-52-59(3,4)5)54-64-57(60)50-48-46-44-42-40-38-36-34-23-21-19-17-15-13-11-9-7-2/h21,23-25,56H,6-20,22,26-55H2,1-5H3/p+1/b23-21-,25-24-. The molecule has 2 unspecified atom stereocenters. The van der Waals surface area contributed by atoms with Gasteiger partial charge < -0.3 is 18.9 Å². The summed E-state index contributed by atoms with van der Waals surface area (Å²) in [6.45, 7) is 4.47. The summed E-state index contributed by atoms with van der Waals surface area (Å²) in [5.41, 5.74) is 0. The van der Waals surface area contributed by atoms with Crippen molar-refractivity contribution in [2.24, 2.45) is 0 Å². The Morgan fingerprint density at radius 3 is 1.09 bits per heavy atom. The second-order valence-electron chi connectivity index (χ2n) is 21.0. The van der Waals surface area contributed by atoms with Crippen molar-refractivity contribution in [1.82, 2.24) is 0 Å². The van der Waals surface area contributed by atoms with Crippen LogP contribution in [0.2, 0.25) is 0 Å². The Hall–Kier alpha value is -1.51. The third-order valence-electron chi connectivity index (χ3n) is 13.0. The van der Waals surface area contributed by atoms with Crippen LogP contribution in [-0.4, -0.2) is 74.9 Å². The molecule has 0 heterocycles. The fourth-order valence-corrected chi connectivity index (χ4v) is 9.16. The molecule has 68 heavy (non-hydrogen) atoms. The zero-order valence-corrected chi connectivity index (χ0v) is 46.5. The van der Waals surface area contributed by atoms with Gasteiger partial charge in [-0.25, -0.2) is 4.57 Å². The first-order valence-corrected chi connectivity index (χ1v) is 30.6. The maximum absolute atomic E-state index is 12.8. The van der Waals surface area contributed by atoms with Gasteiger partial charge in [0.2, 0.25) is 0 Å². The highest BCUT2D eigenvalue weighted by atomic mass is 31.2. The molecule has 0 aliphatic rings. The molecule has 0 aliphatic carbocycles. The number of allylic oxidation sites excluding steroid dienone is 4. The first kappa shape index (κ1) is 66.5. The molecule has 0 aromatic heterocycles. The van der Waals surface area contributed by atoms with Crippen molar-refractivity contribution in [2.45, 2.75) is 290 Å². The predicted octanol–water partition coefficient (Wildman–Crippen LogP) is 17.8. The number of rotatable bonds is 54. The number of quaternary nitrogens is 1. The maximum atomic E-state index is 12.8. The van der Waals surface area contributed by atoms with Gasteiger partial charge >= 0.3 is 19.8 Å². The van der Waals surface area contributed by atoms with E-state index >= 15 is 0 Å². The molecule has 1 N–H and O–H groups in total. The van der Waals surface area contributed by atoms with E-state index in [1.807, 2.05) is 21.1 Å². The molecule has 0 spiro atoms. The Kier molecular flexibility index (Phi) is 49.3. The lowest BCUT2D eigenvalue weighted by atomic mass is 10.0. The topological polar surface area (TPSA) is 108 Å². The van der Waals surface area contributed by atoms with E-state index in [0.29, 0.717) is 17.4 Å². The van der Waals surface area contributed by atoms with Crippen molar-refractivity contribution in [3.05, 3.63) is 24.3 Å². The quantitative estimate of drug-likeness (QED) is 0.0211. The zero-order chi connectivity index (χ0) is 49.9. The number of hydrogen-bond acceptors (Lipinski definition) is 7. The van der Waals surface area contributed by atoms with Crippen LogP contribution in [0.1, 0.15) is 284 Å². The molecule has 0 fully saturated rings. The van der Waals surface area contributed by atoms with Gasteiger partial charge in [0, 0.05) is 12.8 Å². The van der Waals surface area contributed by atoms with E-state index < -0.39 is 26.5 Å². The minimum atomic E-state index is -4.38. The Morgan fingerprint density at radius 1 is 0.441 bits per heavy atom. The lowest BCUT2D eigenvalue weighted by Crippen LogP contribution is -2.37. The summed E-state index contributed by atoms with van der Waals surface area (Å²) >= 11 is 0. The highest BCUT2D eigenvalue weighted by Gasteiger charge is 2.27. The van der Waals surface area contributed by atoms with Crippen molar-refractivity contribution in [2.75, 3.05) is 47.5 Å². The Balaban J connectivity index is 4.11. The zero-order valence-electron chi connectivity index (χ0n) is 45.6. The highest BCUT2D eigenvalue weighted by molar-refractivity contribution is 7.47. The summed E-state index contributed by atoms with van der Waals surface area (Å²) in [6, 6.07) is 0. The molecule has 0 saturated heterocycles. The van der Waals surface area contributed by atoms with Crippen LogP contribution in [0.15, 0.2) is 24.3 Å². The van der Waals surface area contributed by atoms with E-state index in [2.05, 4.69) is 38.2 Å². The summed E-state index contributed by atoms with van der Waals surface area (Å²) in [5.74, 6) is -0.789. The number of hydrogen-bond donors (Lipinski definition) is 1. The van der Waals surface area contributed by atoms with Crippen LogP contribution >= 0.6 is 7.82 Å². The Labute approximate surface area is 421 Å². The minimum absolute atomic E-state index is 0.0333. The molecule has 9 nitrogen and oxygen atoms in total. The summed E-state index contributed by atoms with van der Waals surface area (Å²) in [5, 5.41) is 0. The fourth-order valence-electron chi connectivity index (χ4n) is 8.42. The van der Waals surface area contributed by atoms with E-state index in [0.717, 1.165) is 32.1 Å². The summed E-state index contributed by atoms with van der Waals surface area (Å²) in [6.07, 6.45) is 59.6. The van der Waals surface area contributed by atoms with Gasteiger partial charge in [-0.05, 0) is 64.2 Å². The molecule has 0 aromatic carbocycles. The number of likely N-dealkylation sites (N-methyl/N-ethyl adjacent to an activating group) is 1. The molecule has 0 aliphatic heterocycles. The molecular weight excluding hydrogens is 870 g/mol. The molecule has 0 amide bonds. The molecule has 0 bridgehead atoms. The average Bonchev–Trinajstić information content (AvgIpc) is 3.30. The number of phosphoric ester groups is 1. The molecular formula is C58H113NO8P+. The number of carbonyl (C=O) groups is 2. The van der Waals surface area contributed by atoms with Gasteiger partial charge in [-0.15, -0.1) is 0 Å². The van der Waals surface area contributed by atoms with E-state index in [4.69, 9.17) is 18.5 Å². The van der Waals surface area contributed by atoms with Gasteiger partial charge in [-0.1, -0.05) is 231 Å². The highest BCUT2D eigenvalue weighted by Crippen LogP contribution is 2.43. The van der Waals surface area contributed by atoms with Crippen LogP contribution in [0.3, 0.4) is 0 Å². The second kappa shape index (κ2) is 50.4. The SMILES string of the molecule is CCCCCCCC/C=C\CCCCCCCCCC(=O)OCC(COP(=O)(O)OCC[N+](C)(C)C)OC(=O)CCCCCCCCCCCCCCCCC/C=C\CCCCCCCCCC. The molecule has 10 heteroatoms. The lowest BCUT2D eigenvalue weighted by Gasteiger charge is -2.24. The molecule has 0 aromatic rings. The van der Waals surface area contributed by atoms with Gasteiger partial charge in [0.15, 0.2) is 6.10 Å². The van der Waals surface area contributed by atoms with Gasteiger partial charge in [0.05, 0.1) is 27.7 Å². The van der Waals surface area contributed by atoms with Crippen molar-refractivity contribution in [3.8, 4) is 0 Å². The van der Waals surface area contributed by atoms with Crippen LogP contribution in [0.4, 0.5) is 0 Å². The number of esters is 2.